The minimum absolute atomic E-state index is 0.217. The highest BCUT2D eigenvalue weighted by atomic mass is 16.5. The van der Waals surface area contributed by atoms with E-state index in [0.29, 0.717) is 0 Å². The summed E-state index contributed by atoms with van der Waals surface area (Å²) in [4.78, 5) is 20.9. The van der Waals surface area contributed by atoms with Crippen molar-refractivity contribution in [1.82, 2.24) is 0 Å². The lowest BCUT2D eigenvalue weighted by Crippen LogP contribution is -2.21. The highest BCUT2D eigenvalue weighted by Gasteiger charge is 2.11. The van der Waals surface area contributed by atoms with E-state index in [0.717, 1.165) is 0 Å². The summed E-state index contributed by atoms with van der Waals surface area (Å²) in [6.45, 7) is 5.93. The number of hydrogen-bond acceptors (Lipinski definition) is 3. The van der Waals surface area contributed by atoms with Crippen LogP contribution in [0.1, 0.15) is 13.8 Å². The summed E-state index contributed by atoms with van der Waals surface area (Å²) in [6, 6.07) is 0. The largest absolute Gasteiger partial charge is 0.450 e. The van der Waals surface area contributed by atoms with E-state index in [4.69, 9.17) is 0 Å². The molecule has 0 aromatic rings. The quantitative estimate of drug-likeness (QED) is 0.430. The van der Waals surface area contributed by atoms with Crippen LogP contribution in [0.5, 0.6) is 0 Å². The van der Waals surface area contributed by atoms with Gasteiger partial charge in [0.1, 0.15) is 0 Å². The molecule has 0 heterocycles. The van der Waals surface area contributed by atoms with E-state index in [1.165, 1.54) is 19.9 Å². The molecule has 1 unspecified atom stereocenters. The number of ketones is 1. The zero-order valence-corrected chi connectivity index (χ0v) is 6.09. The lowest BCUT2D eigenvalue weighted by atomic mass is 10.2. The van der Waals surface area contributed by atoms with E-state index < -0.39 is 12.1 Å². The molecule has 1 atom stereocenters. The molecule has 0 aliphatic carbocycles. The van der Waals surface area contributed by atoms with Crippen LogP contribution in [0, 0.1) is 0 Å². The standard InChI is InChI=1S/C7H10O3/c1-4-7(5(2)8)10-6(3)9/h4,7H,1H2,2-3H3. The first-order valence-electron chi connectivity index (χ1n) is 2.88. The molecule has 0 saturated heterocycles. The Morgan fingerprint density at radius 1 is 1.50 bits per heavy atom. The van der Waals surface area contributed by atoms with Gasteiger partial charge in [0.05, 0.1) is 0 Å². The van der Waals surface area contributed by atoms with Crippen molar-refractivity contribution in [3.05, 3.63) is 12.7 Å². The molecule has 0 aromatic heterocycles. The first-order chi connectivity index (χ1) is 4.57. The normalized spacial score (nSPS) is 11.8. The lowest BCUT2D eigenvalue weighted by Gasteiger charge is -2.07. The Bertz CT molecular complexity index is 160. The molecule has 0 radical (unpaired) electrons. The number of esters is 1. The highest BCUT2D eigenvalue weighted by molar-refractivity contribution is 5.84. The number of carbonyl (C=O) groups is 2. The number of hydrogen-bond donors (Lipinski definition) is 0. The Kier molecular flexibility index (Phi) is 3.39. The predicted octanol–water partition coefficient (Wildman–Crippen LogP) is 0.693. The molecule has 3 heteroatoms. The van der Waals surface area contributed by atoms with Gasteiger partial charge in [-0.1, -0.05) is 6.58 Å². The van der Waals surface area contributed by atoms with Crippen LogP contribution in [0.15, 0.2) is 12.7 Å². The van der Waals surface area contributed by atoms with Crippen molar-refractivity contribution in [2.45, 2.75) is 20.0 Å². The Hall–Kier alpha value is -1.12. The van der Waals surface area contributed by atoms with Crippen LogP contribution >= 0.6 is 0 Å². The summed E-state index contributed by atoms with van der Waals surface area (Å²) in [5, 5.41) is 0. The summed E-state index contributed by atoms with van der Waals surface area (Å²) >= 11 is 0. The van der Waals surface area contributed by atoms with Gasteiger partial charge in [-0.2, -0.15) is 0 Å². The predicted molar refractivity (Wildman–Crippen MR) is 36.4 cm³/mol. The molecule has 0 fully saturated rings. The van der Waals surface area contributed by atoms with E-state index in [-0.39, 0.29) is 5.78 Å². The van der Waals surface area contributed by atoms with Gasteiger partial charge < -0.3 is 4.74 Å². The topological polar surface area (TPSA) is 43.4 Å². The van der Waals surface area contributed by atoms with E-state index >= 15 is 0 Å². The van der Waals surface area contributed by atoms with E-state index in [9.17, 15) is 9.59 Å². The summed E-state index contributed by atoms with van der Waals surface area (Å²) < 4.78 is 4.55. The van der Waals surface area contributed by atoms with E-state index in [1.54, 1.807) is 0 Å². The Morgan fingerprint density at radius 3 is 2.10 bits per heavy atom. The van der Waals surface area contributed by atoms with Crippen LogP contribution in [0.2, 0.25) is 0 Å². The van der Waals surface area contributed by atoms with Gasteiger partial charge in [-0.3, -0.25) is 9.59 Å². The first kappa shape index (κ1) is 8.88. The van der Waals surface area contributed by atoms with Crippen molar-refractivity contribution in [3.63, 3.8) is 0 Å². The van der Waals surface area contributed by atoms with E-state index in [1.807, 2.05) is 0 Å². The molecule has 0 aliphatic heterocycles. The highest BCUT2D eigenvalue weighted by Crippen LogP contribution is 1.94. The van der Waals surface area contributed by atoms with Crippen LogP contribution in [-0.4, -0.2) is 17.9 Å². The third kappa shape index (κ3) is 3.02. The van der Waals surface area contributed by atoms with Crippen LogP contribution in [0.25, 0.3) is 0 Å². The summed E-state index contributed by atoms with van der Waals surface area (Å²) in [6.07, 6.45) is 0.515. The summed E-state index contributed by atoms with van der Waals surface area (Å²) in [5.41, 5.74) is 0. The van der Waals surface area contributed by atoms with Crippen LogP contribution in [-0.2, 0) is 14.3 Å². The molecule has 0 N–H and O–H groups in total. The Morgan fingerprint density at radius 2 is 2.00 bits per heavy atom. The van der Waals surface area contributed by atoms with Crippen LogP contribution < -0.4 is 0 Å². The lowest BCUT2D eigenvalue weighted by molar-refractivity contribution is -0.149. The SMILES string of the molecule is C=CC(OC(C)=O)C(C)=O. The Balaban J connectivity index is 3.96. The molecule has 56 valence electrons. The molecular weight excluding hydrogens is 132 g/mol. The fraction of sp³-hybridized carbons (Fsp3) is 0.429. The average molecular weight is 142 g/mol. The molecule has 0 saturated carbocycles. The monoisotopic (exact) mass is 142 g/mol. The second kappa shape index (κ2) is 3.82. The van der Waals surface area contributed by atoms with Gasteiger partial charge in [0.2, 0.25) is 0 Å². The van der Waals surface area contributed by atoms with Crippen molar-refractivity contribution in [3.8, 4) is 0 Å². The Labute approximate surface area is 59.7 Å². The third-order valence-electron chi connectivity index (χ3n) is 0.908. The number of Topliss-reactive ketones (excluding diaryl/α,β-unsaturated/α-hetero) is 1. The van der Waals surface area contributed by atoms with Crippen molar-refractivity contribution in [2.24, 2.45) is 0 Å². The average Bonchev–Trinajstić information content (AvgIpc) is 1.81. The summed E-state index contributed by atoms with van der Waals surface area (Å²) in [7, 11) is 0. The van der Waals surface area contributed by atoms with Crippen molar-refractivity contribution in [1.29, 1.82) is 0 Å². The van der Waals surface area contributed by atoms with Gasteiger partial charge in [0.15, 0.2) is 11.9 Å². The molecule has 0 aromatic carbocycles. The van der Waals surface area contributed by atoms with Crippen molar-refractivity contribution in [2.75, 3.05) is 0 Å². The maximum atomic E-state index is 10.6. The van der Waals surface area contributed by atoms with Crippen molar-refractivity contribution >= 4 is 11.8 Å². The summed E-state index contributed by atoms with van der Waals surface area (Å²) in [5.74, 6) is -0.690. The maximum absolute atomic E-state index is 10.6. The second-order valence-corrected chi connectivity index (χ2v) is 1.88. The fourth-order valence-electron chi connectivity index (χ4n) is 0.476. The smallest absolute Gasteiger partial charge is 0.303 e. The van der Waals surface area contributed by atoms with Gasteiger partial charge in [-0.25, -0.2) is 0 Å². The van der Waals surface area contributed by atoms with Gasteiger partial charge in [-0.15, -0.1) is 0 Å². The molecule has 0 amide bonds. The van der Waals surface area contributed by atoms with Gasteiger partial charge in [0, 0.05) is 6.92 Å². The molecule has 0 aliphatic rings. The molecule has 0 rings (SSSR count). The minimum Gasteiger partial charge on any atom is -0.450 e. The van der Waals surface area contributed by atoms with Gasteiger partial charge in [-0.05, 0) is 13.0 Å². The first-order valence-corrected chi connectivity index (χ1v) is 2.88. The maximum Gasteiger partial charge on any atom is 0.303 e. The minimum atomic E-state index is -0.780. The van der Waals surface area contributed by atoms with Crippen LogP contribution in [0.3, 0.4) is 0 Å². The molecule has 10 heavy (non-hydrogen) atoms. The third-order valence-corrected chi connectivity index (χ3v) is 0.908. The second-order valence-electron chi connectivity index (χ2n) is 1.88. The zero-order valence-electron chi connectivity index (χ0n) is 6.09. The number of rotatable bonds is 3. The number of carbonyl (C=O) groups excluding carboxylic acids is 2. The fourth-order valence-corrected chi connectivity index (χ4v) is 0.476. The molecule has 0 bridgehead atoms. The van der Waals surface area contributed by atoms with Crippen molar-refractivity contribution < 1.29 is 14.3 Å². The van der Waals surface area contributed by atoms with Crippen LogP contribution in [0.4, 0.5) is 0 Å². The van der Waals surface area contributed by atoms with Gasteiger partial charge in [0.25, 0.3) is 0 Å². The molecule has 0 spiro atoms. The van der Waals surface area contributed by atoms with E-state index in [2.05, 4.69) is 11.3 Å². The zero-order chi connectivity index (χ0) is 8.15. The number of ether oxygens (including phenoxy) is 1. The van der Waals surface area contributed by atoms with Gasteiger partial charge >= 0.3 is 5.97 Å². The molecular formula is C7H10O3. The molecule has 3 nitrogen and oxygen atoms in total.